The number of hydrogen-bond donors (Lipinski definition) is 0. The molecule has 1 aliphatic rings. The van der Waals surface area contributed by atoms with E-state index in [1.54, 1.807) is 21.7 Å². The summed E-state index contributed by atoms with van der Waals surface area (Å²) in [5.74, 6) is 0.369. The highest BCUT2D eigenvalue weighted by Gasteiger charge is 2.28. The van der Waals surface area contributed by atoms with Gasteiger partial charge in [0.05, 0.1) is 11.9 Å². The highest BCUT2D eigenvalue weighted by atomic mass is 19.1. The van der Waals surface area contributed by atoms with E-state index in [2.05, 4.69) is 20.1 Å². The van der Waals surface area contributed by atoms with E-state index in [9.17, 15) is 9.18 Å². The zero-order chi connectivity index (χ0) is 21.4. The van der Waals surface area contributed by atoms with Crippen LogP contribution in [0, 0.1) is 12.7 Å². The molecule has 0 spiro atoms. The molecular weight excluding hydrogens is 395 g/mol. The van der Waals surface area contributed by atoms with Gasteiger partial charge in [0.1, 0.15) is 11.5 Å². The third-order valence-corrected chi connectivity index (χ3v) is 5.58. The number of aryl methyl sites for hydroxylation is 1. The van der Waals surface area contributed by atoms with E-state index in [4.69, 9.17) is 0 Å². The van der Waals surface area contributed by atoms with E-state index in [1.807, 2.05) is 31.3 Å². The molecule has 0 bridgehead atoms. The molecule has 1 aliphatic heterocycles. The van der Waals surface area contributed by atoms with Gasteiger partial charge in [0.2, 0.25) is 0 Å². The third-order valence-electron chi connectivity index (χ3n) is 5.58. The number of fused-ring (bicyclic) bond motifs is 1. The Balaban J connectivity index is 1.38. The lowest BCUT2D eigenvalue weighted by Gasteiger charge is -2.31. The number of rotatable bonds is 3. The van der Waals surface area contributed by atoms with Crippen molar-refractivity contribution in [1.82, 2.24) is 29.5 Å². The maximum absolute atomic E-state index is 13.6. The van der Waals surface area contributed by atoms with Gasteiger partial charge in [-0.3, -0.25) is 9.78 Å². The van der Waals surface area contributed by atoms with E-state index < -0.39 is 0 Å². The molecule has 3 aromatic heterocycles. The summed E-state index contributed by atoms with van der Waals surface area (Å²) in [6, 6.07) is 10.3. The molecule has 1 saturated heterocycles. The fourth-order valence-electron chi connectivity index (χ4n) is 3.95. The molecule has 156 valence electrons. The van der Waals surface area contributed by atoms with Crippen LogP contribution >= 0.6 is 0 Å². The smallest absolute Gasteiger partial charge is 0.274 e. The second kappa shape index (κ2) is 7.86. The summed E-state index contributed by atoms with van der Waals surface area (Å²) >= 11 is 0. The Morgan fingerprint density at radius 3 is 2.84 bits per heavy atom. The number of benzene rings is 1. The number of pyridine rings is 1. The van der Waals surface area contributed by atoms with Crippen LogP contribution in [0.2, 0.25) is 0 Å². The highest BCUT2D eigenvalue weighted by molar-refractivity contribution is 5.92. The molecule has 4 aromatic rings. The monoisotopic (exact) mass is 416 g/mol. The van der Waals surface area contributed by atoms with Gasteiger partial charge in [0.15, 0.2) is 11.5 Å². The predicted molar refractivity (Wildman–Crippen MR) is 113 cm³/mol. The van der Waals surface area contributed by atoms with Crippen molar-refractivity contribution in [3.8, 4) is 11.1 Å². The first-order chi connectivity index (χ1) is 15.1. The van der Waals surface area contributed by atoms with Crippen LogP contribution in [-0.4, -0.2) is 48.5 Å². The Morgan fingerprint density at radius 1 is 1.13 bits per heavy atom. The first kappa shape index (κ1) is 19.3. The molecule has 8 heteroatoms. The molecule has 4 heterocycles. The summed E-state index contributed by atoms with van der Waals surface area (Å²) in [6.07, 6.45) is 6.78. The Bertz CT molecular complexity index is 1250. The summed E-state index contributed by atoms with van der Waals surface area (Å²) in [7, 11) is 0. The van der Waals surface area contributed by atoms with E-state index in [0.717, 1.165) is 35.3 Å². The van der Waals surface area contributed by atoms with Crippen LogP contribution in [0.4, 0.5) is 4.39 Å². The topological polar surface area (TPSA) is 76.3 Å². The van der Waals surface area contributed by atoms with Crippen LogP contribution < -0.4 is 0 Å². The lowest BCUT2D eigenvalue weighted by atomic mass is 9.97. The SMILES string of the molecule is Cc1cnc(C(=O)N2CCC[C@@H](c3nc4ccc(-c5cccc(F)c5)cn4n3)C2)cn1. The number of nitrogens with zero attached hydrogens (tertiary/aromatic N) is 6. The quantitative estimate of drug-likeness (QED) is 0.510. The van der Waals surface area contributed by atoms with Crippen LogP contribution in [0.5, 0.6) is 0 Å². The van der Waals surface area contributed by atoms with Crippen molar-refractivity contribution in [2.45, 2.75) is 25.7 Å². The third kappa shape index (κ3) is 3.88. The van der Waals surface area contributed by atoms with E-state index in [1.165, 1.54) is 18.3 Å². The molecule has 1 atom stereocenters. The van der Waals surface area contributed by atoms with Gasteiger partial charge >= 0.3 is 0 Å². The van der Waals surface area contributed by atoms with E-state index in [0.29, 0.717) is 24.6 Å². The summed E-state index contributed by atoms with van der Waals surface area (Å²) in [4.78, 5) is 27.7. The summed E-state index contributed by atoms with van der Waals surface area (Å²) in [6.45, 7) is 3.07. The second-order valence-corrected chi connectivity index (χ2v) is 7.83. The van der Waals surface area contributed by atoms with E-state index >= 15 is 0 Å². The summed E-state index contributed by atoms with van der Waals surface area (Å²) in [5.41, 5.74) is 3.51. The summed E-state index contributed by atoms with van der Waals surface area (Å²) < 4.78 is 15.3. The number of carbonyl (C=O) groups excluding carboxylic acids is 1. The highest BCUT2D eigenvalue weighted by Crippen LogP contribution is 2.27. The fraction of sp³-hybridized carbons (Fsp3) is 0.261. The molecule has 0 aliphatic carbocycles. The number of amides is 1. The van der Waals surface area contributed by atoms with Crippen LogP contribution in [0.15, 0.2) is 55.0 Å². The number of piperidine rings is 1. The number of carbonyl (C=O) groups is 1. The molecular formula is C23H21FN6O. The molecule has 1 aromatic carbocycles. The molecule has 0 N–H and O–H groups in total. The predicted octanol–water partition coefficient (Wildman–Crippen LogP) is 3.65. The molecule has 0 radical (unpaired) electrons. The van der Waals surface area contributed by atoms with Gasteiger partial charge < -0.3 is 4.90 Å². The minimum Gasteiger partial charge on any atom is -0.337 e. The lowest BCUT2D eigenvalue weighted by molar-refractivity contribution is 0.0698. The van der Waals surface area contributed by atoms with Gasteiger partial charge in [-0.25, -0.2) is 18.9 Å². The molecule has 5 rings (SSSR count). The number of hydrogen-bond acceptors (Lipinski definition) is 5. The average Bonchev–Trinajstić information content (AvgIpc) is 3.23. The van der Waals surface area contributed by atoms with Gasteiger partial charge in [-0.2, -0.15) is 5.10 Å². The van der Waals surface area contributed by atoms with Crippen molar-refractivity contribution in [1.29, 1.82) is 0 Å². The minimum absolute atomic E-state index is 0.0497. The molecule has 0 unspecified atom stereocenters. The maximum Gasteiger partial charge on any atom is 0.274 e. The summed E-state index contributed by atoms with van der Waals surface area (Å²) in [5, 5.41) is 4.67. The van der Waals surface area contributed by atoms with E-state index in [-0.39, 0.29) is 17.6 Å². The van der Waals surface area contributed by atoms with Gasteiger partial charge in [-0.05, 0) is 49.6 Å². The standard InChI is InChI=1S/C23H21FN6O/c1-15-11-26-20(12-25-15)23(31)29-9-3-5-18(13-29)22-27-21-8-7-17(14-30(21)28-22)16-4-2-6-19(24)10-16/h2,4,6-8,10-12,14,18H,3,5,9,13H2,1H3/t18-/m1/s1. The van der Waals surface area contributed by atoms with Crippen molar-refractivity contribution in [3.63, 3.8) is 0 Å². The van der Waals surface area contributed by atoms with Gasteiger partial charge in [0, 0.05) is 37.0 Å². The first-order valence-electron chi connectivity index (χ1n) is 10.3. The van der Waals surface area contributed by atoms with Gasteiger partial charge in [-0.15, -0.1) is 0 Å². The Labute approximate surface area is 178 Å². The van der Waals surface area contributed by atoms with Gasteiger partial charge in [-0.1, -0.05) is 12.1 Å². The fourth-order valence-corrected chi connectivity index (χ4v) is 3.95. The Morgan fingerprint density at radius 2 is 2.03 bits per heavy atom. The molecule has 31 heavy (non-hydrogen) atoms. The molecule has 7 nitrogen and oxygen atoms in total. The van der Waals surface area contributed by atoms with Crippen LogP contribution in [0.3, 0.4) is 0 Å². The zero-order valence-corrected chi connectivity index (χ0v) is 17.1. The van der Waals surface area contributed by atoms with Crippen molar-refractivity contribution >= 4 is 11.6 Å². The van der Waals surface area contributed by atoms with Crippen molar-refractivity contribution in [2.75, 3.05) is 13.1 Å². The number of likely N-dealkylation sites (tertiary alicyclic amines) is 1. The second-order valence-electron chi connectivity index (χ2n) is 7.83. The Hall–Kier alpha value is -3.68. The molecule has 0 saturated carbocycles. The number of halogens is 1. The maximum atomic E-state index is 13.6. The normalized spacial score (nSPS) is 16.6. The molecule has 1 fully saturated rings. The van der Waals surface area contributed by atoms with Crippen molar-refractivity contribution in [2.24, 2.45) is 0 Å². The Kier molecular flexibility index (Phi) is 4.89. The largest absolute Gasteiger partial charge is 0.337 e. The average molecular weight is 416 g/mol. The number of aromatic nitrogens is 5. The van der Waals surface area contributed by atoms with Crippen LogP contribution in [0.1, 0.15) is 40.8 Å². The van der Waals surface area contributed by atoms with Crippen molar-refractivity contribution in [3.05, 3.63) is 78.0 Å². The zero-order valence-electron chi connectivity index (χ0n) is 17.1. The van der Waals surface area contributed by atoms with Crippen LogP contribution in [0.25, 0.3) is 16.8 Å². The first-order valence-corrected chi connectivity index (χ1v) is 10.3. The molecule has 1 amide bonds. The van der Waals surface area contributed by atoms with Crippen molar-refractivity contribution < 1.29 is 9.18 Å². The minimum atomic E-state index is -0.276. The lowest BCUT2D eigenvalue weighted by Crippen LogP contribution is -2.39. The van der Waals surface area contributed by atoms with Crippen LogP contribution in [-0.2, 0) is 0 Å². The van der Waals surface area contributed by atoms with Gasteiger partial charge in [0.25, 0.3) is 5.91 Å².